The Morgan fingerprint density at radius 1 is 1.14 bits per heavy atom. The van der Waals surface area contributed by atoms with Crippen LogP contribution in [0.2, 0.25) is 10.0 Å². The van der Waals surface area contributed by atoms with Crippen molar-refractivity contribution in [3.8, 4) is 0 Å². The zero-order chi connectivity index (χ0) is 15.2. The van der Waals surface area contributed by atoms with E-state index in [0.717, 1.165) is 5.56 Å². The summed E-state index contributed by atoms with van der Waals surface area (Å²) in [5.41, 5.74) is 1.55. The van der Waals surface area contributed by atoms with E-state index in [-0.39, 0.29) is 18.9 Å². The van der Waals surface area contributed by atoms with Gasteiger partial charge in [-0.3, -0.25) is 4.79 Å². The Balaban J connectivity index is 2.03. The maximum Gasteiger partial charge on any atom is 0.225 e. The number of benzene rings is 2. The van der Waals surface area contributed by atoms with E-state index in [9.17, 15) is 9.90 Å². The molecule has 1 atom stereocenters. The van der Waals surface area contributed by atoms with Crippen molar-refractivity contribution >= 4 is 29.1 Å². The fraction of sp³-hybridized carbons (Fsp3) is 0.188. The maximum atomic E-state index is 12.1. The van der Waals surface area contributed by atoms with Crippen molar-refractivity contribution in [3.05, 3.63) is 69.7 Å². The first-order valence-corrected chi connectivity index (χ1v) is 7.25. The van der Waals surface area contributed by atoms with Crippen molar-refractivity contribution in [2.45, 2.75) is 12.5 Å². The van der Waals surface area contributed by atoms with Crippen molar-refractivity contribution < 1.29 is 9.90 Å². The topological polar surface area (TPSA) is 49.3 Å². The predicted octanol–water partition coefficient (Wildman–Crippen LogP) is 3.39. The number of rotatable bonds is 5. The molecule has 3 nitrogen and oxygen atoms in total. The lowest BCUT2D eigenvalue weighted by Gasteiger charge is -2.17. The van der Waals surface area contributed by atoms with Crippen molar-refractivity contribution in [1.29, 1.82) is 0 Å². The molecule has 1 amide bonds. The molecule has 2 rings (SSSR count). The van der Waals surface area contributed by atoms with Crippen LogP contribution in [0.4, 0.5) is 0 Å². The van der Waals surface area contributed by atoms with E-state index >= 15 is 0 Å². The minimum atomic E-state index is -0.426. The van der Waals surface area contributed by atoms with Crippen LogP contribution in [0.5, 0.6) is 0 Å². The normalized spacial score (nSPS) is 12.0. The number of carbonyl (C=O) groups is 1. The third-order valence-electron chi connectivity index (χ3n) is 3.09. The third-order valence-corrected chi connectivity index (χ3v) is 3.67. The molecule has 0 aliphatic rings. The molecule has 0 bridgehead atoms. The minimum Gasteiger partial charge on any atom is -0.394 e. The summed E-state index contributed by atoms with van der Waals surface area (Å²) in [6, 6.07) is 13.9. The van der Waals surface area contributed by atoms with Gasteiger partial charge in [0.05, 0.1) is 19.1 Å². The van der Waals surface area contributed by atoms with Crippen molar-refractivity contribution in [3.63, 3.8) is 0 Å². The average Bonchev–Trinajstić information content (AvgIpc) is 2.48. The summed E-state index contributed by atoms with van der Waals surface area (Å²) in [6.07, 6.45) is 0.138. The van der Waals surface area contributed by atoms with Gasteiger partial charge >= 0.3 is 0 Å². The van der Waals surface area contributed by atoms with Gasteiger partial charge in [0.1, 0.15) is 0 Å². The molecule has 2 aromatic carbocycles. The van der Waals surface area contributed by atoms with Gasteiger partial charge in [0.2, 0.25) is 5.91 Å². The molecule has 21 heavy (non-hydrogen) atoms. The summed E-state index contributed by atoms with van der Waals surface area (Å²) in [7, 11) is 0. The number of hydrogen-bond donors (Lipinski definition) is 2. The lowest BCUT2D eigenvalue weighted by Crippen LogP contribution is -2.32. The minimum absolute atomic E-state index is 0.138. The van der Waals surface area contributed by atoms with E-state index in [2.05, 4.69) is 5.32 Å². The second-order valence-electron chi connectivity index (χ2n) is 4.63. The van der Waals surface area contributed by atoms with Gasteiger partial charge < -0.3 is 10.4 Å². The van der Waals surface area contributed by atoms with E-state index in [1.165, 1.54) is 0 Å². The van der Waals surface area contributed by atoms with Gasteiger partial charge in [-0.2, -0.15) is 0 Å². The number of amides is 1. The quantitative estimate of drug-likeness (QED) is 0.886. The molecular formula is C16H15Cl2NO2. The van der Waals surface area contributed by atoms with Gasteiger partial charge in [-0.1, -0.05) is 59.6 Å². The molecule has 0 saturated heterocycles. The van der Waals surface area contributed by atoms with Gasteiger partial charge in [0, 0.05) is 10.0 Å². The molecule has 0 heterocycles. The summed E-state index contributed by atoms with van der Waals surface area (Å²) < 4.78 is 0. The number of nitrogens with one attached hydrogen (secondary N) is 1. The Morgan fingerprint density at radius 2 is 1.86 bits per heavy atom. The summed E-state index contributed by atoms with van der Waals surface area (Å²) in [6.45, 7) is -0.163. The van der Waals surface area contributed by atoms with Crippen LogP contribution in [0.15, 0.2) is 48.5 Å². The molecule has 2 N–H and O–H groups in total. The van der Waals surface area contributed by atoms with Crippen LogP contribution in [-0.2, 0) is 11.2 Å². The third kappa shape index (κ3) is 4.46. The number of halogens is 2. The Kier molecular flexibility index (Phi) is 5.62. The largest absolute Gasteiger partial charge is 0.394 e. The molecule has 0 spiro atoms. The monoisotopic (exact) mass is 323 g/mol. The van der Waals surface area contributed by atoms with Crippen LogP contribution in [0.25, 0.3) is 0 Å². The lowest BCUT2D eigenvalue weighted by molar-refractivity contribution is -0.121. The summed E-state index contributed by atoms with van der Waals surface area (Å²) in [5, 5.41) is 13.2. The van der Waals surface area contributed by atoms with E-state index < -0.39 is 6.04 Å². The molecule has 110 valence electrons. The fourth-order valence-corrected chi connectivity index (χ4v) is 2.48. The SMILES string of the molecule is O=C(Cc1ccc(Cl)cc1Cl)N[C@@H](CO)c1ccccc1. The van der Waals surface area contributed by atoms with Crippen LogP contribution in [-0.4, -0.2) is 17.6 Å². The predicted molar refractivity (Wildman–Crippen MR) is 84.6 cm³/mol. The standard InChI is InChI=1S/C16H15Cl2NO2/c17-13-7-6-12(14(18)9-13)8-16(21)19-15(10-20)11-4-2-1-3-5-11/h1-7,9,15,20H,8,10H2,(H,19,21)/t15-/m0/s1. The Hall–Kier alpha value is -1.55. The summed E-state index contributed by atoms with van der Waals surface area (Å²) in [5.74, 6) is -0.206. The first kappa shape index (κ1) is 15.8. The molecule has 5 heteroatoms. The summed E-state index contributed by atoms with van der Waals surface area (Å²) in [4.78, 5) is 12.1. The van der Waals surface area contributed by atoms with Crippen molar-refractivity contribution in [2.75, 3.05) is 6.61 Å². The molecule has 0 unspecified atom stereocenters. The van der Waals surface area contributed by atoms with Gasteiger partial charge in [-0.25, -0.2) is 0 Å². The molecule has 0 radical (unpaired) electrons. The maximum absolute atomic E-state index is 12.1. The molecule has 0 saturated carbocycles. The molecule has 0 aliphatic carbocycles. The van der Waals surface area contributed by atoms with Gasteiger partial charge in [-0.05, 0) is 23.3 Å². The Morgan fingerprint density at radius 3 is 2.48 bits per heavy atom. The highest BCUT2D eigenvalue weighted by Gasteiger charge is 2.14. The number of aliphatic hydroxyl groups is 1. The highest BCUT2D eigenvalue weighted by atomic mass is 35.5. The molecule has 0 aromatic heterocycles. The van der Waals surface area contributed by atoms with E-state index in [1.54, 1.807) is 18.2 Å². The van der Waals surface area contributed by atoms with E-state index in [0.29, 0.717) is 15.6 Å². The lowest BCUT2D eigenvalue weighted by atomic mass is 10.1. The first-order valence-electron chi connectivity index (χ1n) is 6.49. The van der Waals surface area contributed by atoms with E-state index in [1.807, 2.05) is 30.3 Å². The molecule has 0 fully saturated rings. The van der Waals surface area contributed by atoms with Crippen LogP contribution >= 0.6 is 23.2 Å². The number of hydrogen-bond acceptors (Lipinski definition) is 2. The van der Waals surface area contributed by atoms with Crippen molar-refractivity contribution in [2.24, 2.45) is 0 Å². The molecule has 0 aliphatic heterocycles. The zero-order valence-corrected chi connectivity index (χ0v) is 12.7. The van der Waals surface area contributed by atoms with Gasteiger partial charge in [-0.15, -0.1) is 0 Å². The second kappa shape index (κ2) is 7.46. The van der Waals surface area contributed by atoms with Crippen molar-refractivity contribution in [1.82, 2.24) is 5.32 Å². The Labute approximate surface area is 133 Å². The molecular weight excluding hydrogens is 309 g/mol. The van der Waals surface area contributed by atoms with E-state index in [4.69, 9.17) is 23.2 Å². The second-order valence-corrected chi connectivity index (χ2v) is 5.47. The number of carbonyl (C=O) groups excluding carboxylic acids is 1. The van der Waals surface area contributed by atoms with Crippen LogP contribution in [0, 0.1) is 0 Å². The highest BCUT2D eigenvalue weighted by Crippen LogP contribution is 2.21. The molecule has 2 aromatic rings. The van der Waals surface area contributed by atoms with Gasteiger partial charge in [0.15, 0.2) is 0 Å². The van der Waals surface area contributed by atoms with Crippen LogP contribution in [0.1, 0.15) is 17.2 Å². The zero-order valence-electron chi connectivity index (χ0n) is 11.2. The van der Waals surface area contributed by atoms with Gasteiger partial charge in [0.25, 0.3) is 0 Å². The Bertz CT molecular complexity index is 617. The smallest absolute Gasteiger partial charge is 0.225 e. The van der Waals surface area contributed by atoms with Crippen LogP contribution < -0.4 is 5.32 Å². The fourth-order valence-electron chi connectivity index (χ4n) is 2.00. The first-order chi connectivity index (χ1) is 10.1. The number of aliphatic hydroxyl groups excluding tert-OH is 1. The average molecular weight is 324 g/mol. The summed E-state index contributed by atoms with van der Waals surface area (Å²) >= 11 is 11.9. The van der Waals surface area contributed by atoms with Crippen LogP contribution in [0.3, 0.4) is 0 Å². The highest BCUT2D eigenvalue weighted by molar-refractivity contribution is 6.35.